The predicted molar refractivity (Wildman–Crippen MR) is 82.9 cm³/mol. The van der Waals surface area contributed by atoms with Crippen molar-refractivity contribution >= 4 is 56.4 Å². The van der Waals surface area contributed by atoms with Crippen LogP contribution in [-0.4, -0.2) is 0 Å². The number of hydrogen-bond acceptors (Lipinski definition) is 1. The molecule has 2 rings (SSSR count). The highest BCUT2D eigenvalue weighted by Crippen LogP contribution is 2.34. The van der Waals surface area contributed by atoms with Gasteiger partial charge in [-0.15, -0.1) is 0 Å². The highest BCUT2D eigenvalue weighted by Gasteiger charge is 2.08. The van der Waals surface area contributed by atoms with Crippen LogP contribution in [0.15, 0.2) is 34.8 Å². The average Bonchev–Trinajstić information content (AvgIpc) is 2.32. The second-order valence-electron chi connectivity index (χ2n) is 3.85. The van der Waals surface area contributed by atoms with Crippen LogP contribution in [0.5, 0.6) is 0 Å². The van der Waals surface area contributed by atoms with Crippen LogP contribution < -0.4 is 5.32 Å². The highest BCUT2D eigenvalue weighted by atomic mass is 79.9. The summed E-state index contributed by atoms with van der Waals surface area (Å²) in [7, 11) is 0. The minimum absolute atomic E-state index is 0.312. The maximum Gasteiger partial charge on any atom is 0.137 e. The predicted octanol–water partition coefficient (Wildman–Crippen LogP) is 6.16. The van der Waals surface area contributed by atoms with Gasteiger partial charge in [0.1, 0.15) is 5.82 Å². The van der Waals surface area contributed by atoms with Crippen molar-refractivity contribution in [2.45, 2.75) is 6.54 Å². The number of halogens is 5. The Balaban J connectivity index is 2.16. The summed E-state index contributed by atoms with van der Waals surface area (Å²) in [6.07, 6.45) is 0. The molecule has 0 aliphatic heterocycles. The molecule has 0 amide bonds. The molecule has 0 unspecified atom stereocenters. The maximum absolute atomic E-state index is 13.4. The largest absolute Gasteiger partial charge is 0.379 e. The number of anilines is 1. The van der Waals surface area contributed by atoms with Crippen LogP contribution >= 0.6 is 50.7 Å². The standard InChI is InChI=1S/C13H8BrCl3FN/c14-9-2-1-7(3-12(9)18)6-19-13-10(16)4-8(15)5-11(13)17/h1-5,19H,6H2. The van der Waals surface area contributed by atoms with Crippen LogP contribution in [-0.2, 0) is 6.54 Å². The first-order valence-electron chi connectivity index (χ1n) is 5.29. The van der Waals surface area contributed by atoms with Gasteiger partial charge in [-0.25, -0.2) is 4.39 Å². The minimum Gasteiger partial charge on any atom is -0.379 e. The van der Waals surface area contributed by atoms with E-state index in [2.05, 4.69) is 21.2 Å². The van der Waals surface area contributed by atoms with Gasteiger partial charge in [0.05, 0.1) is 20.2 Å². The molecule has 0 atom stereocenters. The molecule has 0 aliphatic rings. The van der Waals surface area contributed by atoms with E-state index in [4.69, 9.17) is 34.8 Å². The van der Waals surface area contributed by atoms with Crippen molar-refractivity contribution in [1.29, 1.82) is 0 Å². The van der Waals surface area contributed by atoms with Crippen LogP contribution in [0, 0.1) is 5.82 Å². The number of rotatable bonds is 3. The second-order valence-corrected chi connectivity index (χ2v) is 5.95. The Labute approximate surface area is 133 Å². The molecule has 100 valence electrons. The quantitative estimate of drug-likeness (QED) is 0.669. The van der Waals surface area contributed by atoms with E-state index in [0.717, 1.165) is 5.56 Å². The molecule has 2 aromatic rings. The maximum atomic E-state index is 13.4. The number of hydrogen-bond donors (Lipinski definition) is 1. The highest BCUT2D eigenvalue weighted by molar-refractivity contribution is 9.10. The van der Waals surface area contributed by atoms with Crippen molar-refractivity contribution in [3.05, 3.63) is 61.3 Å². The molecular weight excluding hydrogens is 375 g/mol. The van der Waals surface area contributed by atoms with Gasteiger partial charge in [-0.05, 0) is 45.8 Å². The fraction of sp³-hybridized carbons (Fsp3) is 0.0769. The van der Waals surface area contributed by atoms with Crippen molar-refractivity contribution in [3.8, 4) is 0 Å². The third-order valence-electron chi connectivity index (χ3n) is 2.46. The smallest absolute Gasteiger partial charge is 0.137 e. The van der Waals surface area contributed by atoms with Gasteiger partial charge in [0, 0.05) is 11.6 Å². The Morgan fingerprint density at radius 2 is 1.68 bits per heavy atom. The molecule has 0 saturated heterocycles. The van der Waals surface area contributed by atoms with Gasteiger partial charge in [-0.3, -0.25) is 0 Å². The summed E-state index contributed by atoms with van der Waals surface area (Å²) >= 11 is 21.0. The van der Waals surface area contributed by atoms with Crippen molar-refractivity contribution in [3.63, 3.8) is 0 Å². The summed E-state index contributed by atoms with van der Waals surface area (Å²) < 4.78 is 13.8. The van der Waals surface area contributed by atoms with E-state index in [-0.39, 0.29) is 5.82 Å². The molecule has 0 aromatic heterocycles. The van der Waals surface area contributed by atoms with Gasteiger partial charge in [0.25, 0.3) is 0 Å². The average molecular weight is 383 g/mol. The van der Waals surface area contributed by atoms with Gasteiger partial charge >= 0.3 is 0 Å². The first-order chi connectivity index (χ1) is 8.97. The van der Waals surface area contributed by atoms with E-state index in [1.54, 1.807) is 24.3 Å². The summed E-state index contributed by atoms with van der Waals surface area (Å²) in [4.78, 5) is 0. The third-order valence-corrected chi connectivity index (χ3v) is 3.92. The van der Waals surface area contributed by atoms with Crippen LogP contribution in [0.4, 0.5) is 10.1 Å². The fourth-order valence-electron chi connectivity index (χ4n) is 1.55. The van der Waals surface area contributed by atoms with Crippen molar-refractivity contribution in [2.24, 2.45) is 0 Å². The van der Waals surface area contributed by atoms with E-state index in [1.165, 1.54) is 6.07 Å². The first kappa shape index (κ1) is 14.9. The lowest BCUT2D eigenvalue weighted by atomic mass is 10.2. The number of nitrogens with one attached hydrogen (secondary N) is 1. The molecule has 0 saturated carbocycles. The third kappa shape index (κ3) is 3.76. The molecule has 0 heterocycles. The zero-order valence-corrected chi connectivity index (χ0v) is 13.3. The van der Waals surface area contributed by atoms with E-state index in [1.807, 2.05) is 0 Å². The zero-order valence-electron chi connectivity index (χ0n) is 9.48. The van der Waals surface area contributed by atoms with Crippen molar-refractivity contribution < 1.29 is 4.39 Å². The Morgan fingerprint density at radius 1 is 1.05 bits per heavy atom. The van der Waals surface area contributed by atoms with Gasteiger partial charge in [0.2, 0.25) is 0 Å². The number of benzene rings is 2. The summed E-state index contributed by atoms with van der Waals surface area (Å²) in [5, 5.41) is 4.39. The lowest BCUT2D eigenvalue weighted by Gasteiger charge is -2.11. The molecule has 1 nitrogen and oxygen atoms in total. The summed E-state index contributed by atoms with van der Waals surface area (Å²) in [6, 6.07) is 8.09. The van der Waals surface area contributed by atoms with Crippen LogP contribution in [0.3, 0.4) is 0 Å². The van der Waals surface area contributed by atoms with Crippen LogP contribution in [0.25, 0.3) is 0 Å². The van der Waals surface area contributed by atoms with Gasteiger partial charge in [-0.1, -0.05) is 40.9 Å². The fourth-order valence-corrected chi connectivity index (χ4v) is 2.75. The van der Waals surface area contributed by atoms with E-state index in [9.17, 15) is 4.39 Å². The summed E-state index contributed by atoms with van der Waals surface area (Å²) in [5.74, 6) is -0.312. The monoisotopic (exact) mass is 381 g/mol. The normalized spacial score (nSPS) is 10.6. The topological polar surface area (TPSA) is 12.0 Å². The summed E-state index contributed by atoms with van der Waals surface area (Å²) in [5.41, 5.74) is 1.36. The Hall–Kier alpha value is -0.480. The molecule has 0 fully saturated rings. The van der Waals surface area contributed by atoms with Crippen molar-refractivity contribution in [2.75, 3.05) is 5.32 Å². The Bertz CT molecular complexity index is 596. The first-order valence-corrected chi connectivity index (χ1v) is 7.22. The minimum atomic E-state index is -0.312. The molecule has 2 aromatic carbocycles. The van der Waals surface area contributed by atoms with E-state index >= 15 is 0 Å². The van der Waals surface area contributed by atoms with Gasteiger partial charge in [0.15, 0.2) is 0 Å². The molecule has 0 aliphatic carbocycles. The lowest BCUT2D eigenvalue weighted by molar-refractivity contribution is 0.619. The molecule has 0 spiro atoms. The molecule has 0 bridgehead atoms. The molecule has 19 heavy (non-hydrogen) atoms. The summed E-state index contributed by atoms with van der Waals surface area (Å²) in [6.45, 7) is 0.408. The molecule has 6 heteroatoms. The second kappa shape index (κ2) is 6.31. The van der Waals surface area contributed by atoms with Crippen LogP contribution in [0.1, 0.15) is 5.56 Å². The van der Waals surface area contributed by atoms with Crippen LogP contribution in [0.2, 0.25) is 15.1 Å². The molecule has 1 N–H and O–H groups in total. The zero-order chi connectivity index (χ0) is 14.0. The lowest BCUT2D eigenvalue weighted by Crippen LogP contribution is -2.01. The van der Waals surface area contributed by atoms with E-state index < -0.39 is 0 Å². The SMILES string of the molecule is Fc1cc(CNc2c(Cl)cc(Cl)cc2Cl)ccc1Br. The molecule has 0 radical (unpaired) electrons. The Morgan fingerprint density at radius 3 is 2.26 bits per heavy atom. The van der Waals surface area contributed by atoms with Gasteiger partial charge in [-0.2, -0.15) is 0 Å². The molecular formula is C13H8BrCl3FN. The Kier molecular flexibility index (Phi) is 4.96. The van der Waals surface area contributed by atoms with Crippen molar-refractivity contribution in [1.82, 2.24) is 0 Å². The van der Waals surface area contributed by atoms with Gasteiger partial charge < -0.3 is 5.32 Å². The van der Waals surface area contributed by atoms with E-state index in [0.29, 0.717) is 31.8 Å².